The number of carboxylic acid groups (broad SMARTS) is 1. The molecule has 0 saturated carbocycles. The summed E-state index contributed by atoms with van der Waals surface area (Å²) in [5.74, 6) is -1.15. The molecule has 0 aromatic heterocycles. The van der Waals surface area contributed by atoms with E-state index in [0.717, 1.165) is 27.8 Å². The molecule has 0 aliphatic heterocycles. The first kappa shape index (κ1) is 30.5. The van der Waals surface area contributed by atoms with Crippen molar-refractivity contribution in [2.75, 3.05) is 13.2 Å². The number of aryl methyl sites for hydroxylation is 1. The van der Waals surface area contributed by atoms with Crippen molar-refractivity contribution in [2.45, 2.75) is 78.0 Å². The molecule has 0 aliphatic carbocycles. The number of ether oxygens (including phenoxy) is 1. The molecule has 5 nitrogen and oxygen atoms in total. The average molecular weight is 536 g/mol. The fourth-order valence-corrected chi connectivity index (χ4v) is 4.75. The zero-order valence-corrected chi connectivity index (χ0v) is 24.1. The minimum atomic E-state index is -0.937. The van der Waals surface area contributed by atoms with Crippen molar-refractivity contribution in [3.8, 4) is 11.1 Å². The quantitative estimate of drug-likeness (QED) is 0.250. The Morgan fingerprint density at radius 1 is 1.03 bits per heavy atom. The molecule has 39 heavy (non-hydrogen) atoms. The van der Waals surface area contributed by atoms with Gasteiger partial charge in [0.05, 0.1) is 24.4 Å². The number of carbonyl (C=O) groups is 1. The Morgan fingerprint density at radius 3 is 2.36 bits per heavy atom. The lowest BCUT2D eigenvalue weighted by molar-refractivity contribution is -0.00397. The molecule has 0 amide bonds. The molecule has 3 aromatic rings. The van der Waals surface area contributed by atoms with Crippen molar-refractivity contribution in [1.82, 2.24) is 5.32 Å². The monoisotopic (exact) mass is 535 g/mol. The van der Waals surface area contributed by atoms with Crippen molar-refractivity contribution >= 4 is 5.97 Å². The zero-order valence-electron chi connectivity index (χ0n) is 24.1. The van der Waals surface area contributed by atoms with Crippen LogP contribution in [0.2, 0.25) is 0 Å². The van der Waals surface area contributed by atoms with Crippen LogP contribution >= 0.6 is 0 Å². The summed E-state index contributed by atoms with van der Waals surface area (Å²) in [7, 11) is 0. The van der Waals surface area contributed by atoms with Gasteiger partial charge in [-0.05, 0) is 91.1 Å². The predicted octanol–water partition coefficient (Wildman–Crippen LogP) is 6.85. The molecule has 0 fully saturated rings. The lowest BCUT2D eigenvalue weighted by atomic mass is 9.81. The fraction of sp³-hybridized carbons (Fsp3) is 0.424. The summed E-state index contributed by atoms with van der Waals surface area (Å²) < 4.78 is 20.0. The van der Waals surface area contributed by atoms with Gasteiger partial charge in [-0.15, -0.1) is 0 Å². The first-order valence-electron chi connectivity index (χ1n) is 13.4. The van der Waals surface area contributed by atoms with Crippen molar-refractivity contribution < 1.29 is 24.1 Å². The molecule has 210 valence electrons. The van der Waals surface area contributed by atoms with Crippen molar-refractivity contribution in [3.05, 3.63) is 94.3 Å². The third-order valence-corrected chi connectivity index (χ3v) is 7.00. The van der Waals surface area contributed by atoms with E-state index in [9.17, 15) is 19.4 Å². The summed E-state index contributed by atoms with van der Waals surface area (Å²) in [5.41, 5.74) is 4.78. The van der Waals surface area contributed by atoms with Gasteiger partial charge in [-0.2, -0.15) is 0 Å². The maximum atomic E-state index is 13.9. The second-order valence-electron chi connectivity index (χ2n) is 12.1. The average Bonchev–Trinajstić information content (AvgIpc) is 2.87. The number of benzene rings is 3. The van der Waals surface area contributed by atoms with Crippen molar-refractivity contribution in [2.24, 2.45) is 0 Å². The molecule has 1 unspecified atom stereocenters. The van der Waals surface area contributed by atoms with Crippen LogP contribution in [0, 0.1) is 12.7 Å². The van der Waals surface area contributed by atoms with Crippen LogP contribution < -0.4 is 5.32 Å². The number of aromatic carboxylic acids is 1. The summed E-state index contributed by atoms with van der Waals surface area (Å²) in [4.78, 5) is 11.8. The van der Waals surface area contributed by atoms with E-state index in [4.69, 9.17) is 4.74 Å². The molecule has 3 rings (SSSR count). The van der Waals surface area contributed by atoms with Crippen LogP contribution in [0.1, 0.15) is 80.3 Å². The molecule has 2 atom stereocenters. The van der Waals surface area contributed by atoms with E-state index < -0.39 is 12.1 Å². The number of hydrogen-bond acceptors (Lipinski definition) is 4. The molecule has 3 aromatic carbocycles. The lowest BCUT2D eigenvalue weighted by Gasteiger charge is -2.28. The van der Waals surface area contributed by atoms with Gasteiger partial charge in [0.25, 0.3) is 0 Å². The smallest absolute Gasteiger partial charge is 0.335 e. The molecule has 3 N–H and O–H groups in total. The molecular weight excluding hydrogens is 493 g/mol. The van der Waals surface area contributed by atoms with Gasteiger partial charge in [-0.25, -0.2) is 9.18 Å². The van der Waals surface area contributed by atoms with Crippen LogP contribution in [0.4, 0.5) is 4.39 Å². The van der Waals surface area contributed by atoms with Gasteiger partial charge in [-0.3, -0.25) is 0 Å². The Kier molecular flexibility index (Phi) is 9.70. The molecule has 0 spiro atoms. The summed E-state index contributed by atoms with van der Waals surface area (Å²) >= 11 is 0. The number of aliphatic hydroxyl groups is 1. The van der Waals surface area contributed by atoms with E-state index in [2.05, 4.69) is 5.32 Å². The summed E-state index contributed by atoms with van der Waals surface area (Å²) in [5, 5.41) is 23.7. The molecular formula is C33H42FNO4. The van der Waals surface area contributed by atoms with Crippen molar-refractivity contribution in [1.29, 1.82) is 0 Å². The van der Waals surface area contributed by atoms with Gasteiger partial charge in [0.1, 0.15) is 5.82 Å². The summed E-state index contributed by atoms with van der Waals surface area (Å²) in [6.07, 6.45) is -0.397. The molecule has 0 saturated heterocycles. The molecule has 0 radical (unpaired) electrons. The third-order valence-electron chi connectivity index (χ3n) is 7.00. The van der Waals surface area contributed by atoms with Crippen LogP contribution in [-0.4, -0.2) is 41.0 Å². The minimum absolute atomic E-state index is 0.142. The number of nitrogens with one attached hydrogen (secondary N) is 1. The highest BCUT2D eigenvalue weighted by molar-refractivity contribution is 5.91. The topological polar surface area (TPSA) is 78.8 Å². The first-order chi connectivity index (χ1) is 18.2. The van der Waals surface area contributed by atoms with Gasteiger partial charge in [0.15, 0.2) is 0 Å². The predicted molar refractivity (Wildman–Crippen MR) is 155 cm³/mol. The Labute approximate surface area is 232 Å². The molecule has 0 bridgehead atoms. The standard InChI is InChI=1S/C33H42FNO4/c1-21-12-13-23(16-30(21)34)18-33(6,7)35-19-25(36)20-39-22(2)26-10-8-9-11-27(26)24-14-15-28(31(37)38)29(17-24)32(3,4)5/h8-17,22,25,35-36H,18-20H2,1-7H3,(H,37,38)/t22?,25-/m0/s1. The van der Waals surface area contributed by atoms with E-state index in [1.165, 1.54) is 0 Å². The highest BCUT2D eigenvalue weighted by atomic mass is 19.1. The Balaban J connectivity index is 1.66. The largest absolute Gasteiger partial charge is 0.478 e. The second-order valence-corrected chi connectivity index (χ2v) is 12.1. The maximum Gasteiger partial charge on any atom is 0.335 e. The number of hydrogen-bond donors (Lipinski definition) is 3. The number of aliphatic hydroxyl groups excluding tert-OH is 1. The van der Waals surface area contributed by atoms with E-state index in [-0.39, 0.29) is 29.5 Å². The number of halogens is 1. The van der Waals surface area contributed by atoms with Crippen LogP contribution in [0.3, 0.4) is 0 Å². The van der Waals surface area contributed by atoms with Crippen LogP contribution in [0.15, 0.2) is 60.7 Å². The normalized spacial score (nSPS) is 13.8. The second kappa shape index (κ2) is 12.4. The van der Waals surface area contributed by atoms with Gasteiger partial charge >= 0.3 is 5.97 Å². The lowest BCUT2D eigenvalue weighted by Crippen LogP contribution is -2.46. The Bertz CT molecular complexity index is 1300. The van der Waals surface area contributed by atoms with Crippen LogP contribution in [0.25, 0.3) is 11.1 Å². The third kappa shape index (κ3) is 8.21. The van der Waals surface area contributed by atoms with E-state index >= 15 is 0 Å². The van der Waals surface area contributed by atoms with Gasteiger partial charge in [0, 0.05) is 12.1 Å². The fourth-order valence-electron chi connectivity index (χ4n) is 4.75. The summed E-state index contributed by atoms with van der Waals surface area (Å²) in [6, 6.07) is 18.6. The maximum absolute atomic E-state index is 13.9. The zero-order chi connectivity index (χ0) is 29.0. The SMILES string of the molecule is Cc1ccc(CC(C)(C)NC[C@H](O)COC(C)c2ccccc2-c2ccc(C(=O)O)c(C(C)(C)C)c2)cc1F. The van der Waals surface area contributed by atoms with E-state index in [1.54, 1.807) is 25.1 Å². The molecule has 6 heteroatoms. The van der Waals surface area contributed by atoms with E-state index in [1.807, 2.05) is 84.0 Å². The highest BCUT2D eigenvalue weighted by Crippen LogP contribution is 2.34. The Hall–Kier alpha value is -3.06. The van der Waals surface area contributed by atoms with Crippen LogP contribution in [-0.2, 0) is 16.6 Å². The minimum Gasteiger partial charge on any atom is -0.478 e. The molecule has 0 aliphatic rings. The number of carboxylic acids is 1. The van der Waals surface area contributed by atoms with E-state index in [0.29, 0.717) is 24.1 Å². The summed E-state index contributed by atoms with van der Waals surface area (Å²) in [6.45, 7) is 14.2. The van der Waals surface area contributed by atoms with Crippen LogP contribution in [0.5, 0.6) is 0 Å². The highest BCUT2D eigenvalue weighted by Gasteiger charge is 2.24. The number of rotatable bonds is 11. The van der Waals surface area contributed by atoms with Gasteiger partial charge in [-0.1, -0.05) is 63.2 Å². The molecule has 0 heterocycles. The van der Waals surface area contributed by atoms with Gasteiger partial charge in [0.2, 0.25) is 0 Å². The number of β-amino-alcohol motifs (C(OH)–C–C–N with tert-alkyl or cyclic N) is 1. The van der Waals surface area contributed by atoms with Gasteiger partial charge < -0.3 is 20.3 Å². The Morgan fingerprint density at radius 2 is 1.72 bits per heavy atom. The van der Waals surface area contributed by atoms with Crippen molar-refractivity contribution in [3.63, 3.8) is 0 Å². The first-order valence-corrected chi connectivity index (χ1v) is 13.4.